The average Bonchev–Trinajstić information content (AvgIpc) is 2.62. The molecule has 13 heavy (non-hydrogen) atoms. The summed E-state index contributed by atoms with van der Waals surface area (Å²) in [6, 6.07) is 5.88. The third-order valence-electron chi connectivity index (χ3n) is 1.81. The molecule has 1 heterocycles. The van der Waals surface area contributed by atoms with Gasteiger partial charge in [-0.05, 0) is 6.07 Å². The molecule has 0 saturated carbocycles. The predicted octanol–water partition coefficient (Wildman–Crippen LogP) is 2.82. The highest BCUT2D eigenvalue weighted by molar-refractivity contribution is 9.09. The van der Waals surface area contributed by atoms with Gasteiger partial charge in [-0.2, -0.15) is 0 Å². The average molecular weight is 241 g/mol. The van der Waals surface area contributed by atoms with Crippen molar-refractivity contribution < 1.29 is 9.47 Å². The van der Waals surface area contributed by atoms with E-state index in [1.54, 1.807) is 0 Å². The fraction of sp³-hybridized carbons (Fsp3) is 0.200. The minimum absolute atomic E-state index is 0.328. The van der Waals surface area contributed by atoms with Crippen LogP contribution in [0.15, 0.2) is 24.3 Å². The van der Waals surface area contributed by atoms with Crippen molar-refractivity contribution in [1.29, 1.82) is 0 Å². The molecule has 1 aromatic rings. The lowest BCUT2D eigenvalue weighted by atomic mass is 10.2. The quantitative estimate of drug-likeness (QED) is 0.741. The second-order valence-electron chi connectivity index (χ2n) is 2.64. The van der Waals surface area contributed by atoms with Gasteiger partial charge in [-0.3, -0.25) is 0 Å². The first-order chi connectivity index (χ1) is 6.42. The summed E-state index contributed by atoms with van der Waals surface area (Å²) in [4.78, 5) is 0. The van der Waals surface area contributed by atoms with Gasteiger partial charge in [0.2, 0.25) is 6.79 Å². The van der Waals surface area contributed by atoms with Crippen molar-refractivity contribution in [2.24, 2.45) is 0 Å². The normalized spacial score (nSPS) is 13.9. The molecular weight excluding hydrogens is 232 g/mol. The number of allylic oxidation sites excluding steroid dienone is 1. The lowest BCUT2D eigenvalue weighted by Crippen LogP contribution is -1.93. The van der Waals surface area contributed by atoms with Crippen LogP contribution in [0.25, 0.3) is 6.08 Å². The Balaban J connectivity index is 2.36. The zero-order valence-electron chi connectivity index (χ0n) is 7.00. The zero-order valence-corrected chi connectivity index (χ0v) is 8.58. The highest BCUT2D eigenvalue weighted by Gasteiger charge is 2.14. The van der Waals surface area contributed by atoms with Gasteiger partial charge >= 0.3 is 0 Å². The fourth-order valence-corrected chi connectivity index (χ4v) is 1.44. The van der Waals surface area contributed by atoms with Gasteiger partial charge in [0.1, 0.15) is 0 Å². The molecule has 2 rings (SSSR count). The van der Waals surface area contributed by atoms with Crippen LogP contribution >= 0.6 is 15.9 Å². The maximum absolute atomic E-state index is 5.34. The van der Waals surface area contributed by atoms with Crippen LogP contribution in [0.2, 0.25) is 0 Å². The number of hydrogen-bond acceptors (Lipinski definition) is 2. The van der Waals surface area contributed by atoms with E-state index in [9.17, 15) is 0 Å². The van der Waals surface area contributed by atoms with E-state index in [2.05, 4.69) is 15.9 Å². The van der Waals surface area contributed by atoms with Gasteiger partial charge in [-0.1, -0.05) is 40.2 Å². The molecule has 0 atom stereocenters. The third kappa shape index (κ3) is 1.70. The molecule has 0 amide bonds. The van der Waals surface area contributed by atoms with E-state index < -0.39 is 0 Å². The molecule has 0 fully saturated rings. The van der Waals surface area contributed by atoms with Crippen molar-refractivity contribution in [1.82, 2.24) is 0 Å². The minimum Gasteiger partial charge on any atom is -0.454 e. The van der Waals surface area contributed by atoms with E-state index in [4.69, 9.17) is 9.47 Å². The van der Waals surface area contributed by atoms with Crippen LogP contribution in [-0.2, 0) is 0 Å². The number of para-hydroxylation sites is 1. The summed E-state index contributed by atoms with van der Waals surface area (Å²) in [6.45, 7) is 0.328. The largest absolute Gasteiger partial charge is 0.454 e. The van der Waals surface area contributed by atoms with E-state index in [1.807, 2.05) is 30.4 Å². The Bertz CT molecular complexity index is 334. The number of halogens is 1. The summed E-state index contributed by atoms with van der Waals surface area (Å²) >= 11 is 3.33. The molecule has 3 heteroatoms. The Morgan fingerprint density at radius 1 is 1.38 bits per heavy atom. The zero-order chi connectivity index (χ0) is 9.10. The van der Waals surface area contributed by atoms with Gasteiger partial charge in [0.05, 0.1) is 0 Å². The standard InChI is InChI=1S/C10H9BrO2/c11-6-2-4-8-3-1-5-9-10(8)13-7-12-9/h1-5H,6-7H2. The van der Waals surface area contributed by atoms with E-state index >= 15 is 0 Å². The van der Waals surface area contributed by atoms with E-state index in [0.29, 0.717) is 6.79 Å². The molecule has 0 saturated heterocycles. The molecule has 1 aromatic carbocycles. The molecule has 0 aromatic heterocycles. The maximum Gasteiger partial charge on any atom is 0.231 e. The number of fused-ring (bicyclic) bond motifs is 1. The summed E-state index contributed by atoms with van der Waals surface area (Å²) < 4.78 is 10.6. The Morgan fingerprint density at radius 3 is 3.15 bits per heavy atom. The van der Waals surface area contributed by atoms with Crippen LogP contribution in [0.3, 0.4) is 0 Å². The third-order valence-corrected chi connectivity index (χ3v) is 2.19. The molecule has 0 spiro atoms. The molecule has 68 valence electrons. The van der Waals surface area contributed by atoms with Crippen molar-refractivity contribution in [2.75, 3.05) is 12.1 Å². The lowest BCUT2D eigenvalue weighted by Gasteiger charge is -1.99. The number of benzene rings is 1. The molecule has 0 N–H and O–H groups in total. The maximum atomic E-state index is 5.34. The van der Waals surface area contributed by atoms with Crippen molar-refractivity contribution >= 4 is 22.0 Å². The first kappa shape index (κ1) is 8.63. The van der Waals surface area contributed by atoms with E-state index in [0.717, 1.165) is 22.4 Å². The highest BCUT2D eigenvalue weighted by Crippen LogP contribution is 2.35. The lowest BCUT2D eigenvalue weighted by molar-refractivity contribution is 0.174. The Kier molecular flexibility index (Phi) is 2.54. The molecule has 1 aliphatic rings. The molecule has 0 bridgehead atoms. The summed E-state index contributed by atoms with van der Waals surface area (Å²) in [5.74, 6) is 1.68. The van der Waals surface area contributed by atoms with Crippen molar-refractivity contribution in [3.63, 3.8) is 0 Å². The van der Waals surface area contributed by atoms with Crippen molar-refractivity contribution in [3.8, 4) is 11.5 Å². The smallest absolute Gasteiger partial charge is 0.231 e. The second-order valence-corrected chi connectivity index (χ2v) is 3.29. The minimum atomic E-state index is 0.328. The Labute approximate surface area is 85.3 Å². The molecule has 0 unspecified atom stereocenters. The Morgan fingerprint density at radius 2 is 2.31 bits per heavy atom. The van der Waals surface area contributed by atoms with Crippen LogP contribution in [0.1, 0.15) is 5.56 Å². The van der Waals surface area contributed by atoms with Crippen LogP contribution in [0.5, 0.6) is 11.5 Å². The summed E-state index contributed by atoms with van der Waals surface area (Å²) in [5, 5.41) is 0.845. The molecule has 1 aliphatic heterocycles. The second kappa shape index (κ2) is 3.83. The molecule has 2 nitrogen and oxygen atoms in total. The first-order valence-corrected chi connectivity index (χ1v) is 5.15. The van der Waals surface area contributed by atoms with Crippen LogP contribution in [-0.4, -0.2) is 12.1 Å². The summed E-state index contributed by atoms with van der Waals surface area (Å²) in [7, 11) is 0. The van der Waals surface area contributed by atoms with Gasteiger partial charge in [0.25, 0.3) is 0 Å². The van der Waals surface area contributed by atoms with Gasteiger partial charge in [0, 0.05) is 10.9 Å². The molecular formula is C10H9BrO2. The predicted molar refractivity (Wildman–Crippen MR) is 55.4 cm³/mol. The van der Waals surface area contributed by atoms with Gasteiger partial charge in [-0.15, -0.1) is 0 Å². The SMILES string of the molecule is BrCC=Cc1cccc2c1OCO2. The summed E-state index contributed by atoms with van der Waals surface area (Å²) in [6.07, 6.45) is 4.04. The van der Waals surface area contributed by atoms with Gasteiger partial charge < -0.3 is 9.47 Å². The van der Waals surface area contributed by atoms with Crippen LogP contribution in [0.4, 0.5) is 0 Å². The van der Waals surface area contributed by atoms with Crippen molar-refractivity contribution in [3.05, 3.63) is 29.8 Å². The van der Waals surface area contributed by atoms with E-state index in [-0.39, 0.29) is 0 Å². The fourth-order valence-electron chi connectivity index (χ4n) is 1.26. The highest BCUT2D eigenvalue weighted by atomic mass is 79.9. The van der Waals surface area contributed by atoms with Gasteiger partial charge in [0.15, 0.2) is 11.5 Å². The van der Waals surface area contributed by atoms with Crippen molar-refractivity contribution in [2.45, 2.75) is 0 Å². The first-order valence-electron chi connectivity index (χ1n) is 4.03. The monoisotopic (exact) mass is 240 g/mol. The van der Waals surface area contributed by atoms with Gasteiger partial charge in [-0.25, -0.2) is 0 Å². The number of rotatable bonds is 2. The molecule has 0 aliphatic carbocycles. The van der Waals surface area contributed by atoms with Crippen LogP contribution < -0.4 is 9.47 Å². The number of alkyl halides is 1. The number of ether oxygens (including phenoxy) is 2. The summed E-state index contributed by atoms with van der Waals surface area (Å²) in [5.41, 5.74) is 1.06. The van der Waals surface area contributed by atoms with Crippen LogP contribution in [0, 0.1) is 0 Å². The molecule has 0 radical (unpaired) electrons. The number of hydrogen-bond donors (Lipinski definition) is 0. The Hall–Kier alpha value is -0.960. The van der Waals surface area contributed by atoms with E-state index in [1.165, 1.54) is 0 Å². The topological polar surface area (TPSA) is 18.5 Å².